The van der Waals surface area contributed by atoms with E-state index in [4.69, 9.17) is 0 Å². The smallest absolute Gasteiger partial charge is 0.150 e. The quantitative estimate of drug-likeness (QED) is 0.224. The zero-order valence-corrected chi connectivity index (χ0v) is 21.0. The highest BCUT2D eigenvalue weighted by molar-refractivity contribution is 6.16. The number of benzene rings is 1. The molecule has 178 valence electrons. The number of rotatable bonds is 14. The van der Waals surface area contributed by atoms with Crippen molar-refractivity contribution in [3.8, 4) is 0 Å². The van der Waals surface area contributed by atoms with E-state index in [1.807, 2.05) is 24.3 Å². The first-order valence-corrected chi connectivity index (χ1v) is 12.8. The number of aldehydes is 1. The Bertz CT molecular complexity index is 879. The molecule has 0 bridgehead atoms. The first-order chi connectivity index (χ1) is 15.8. The van der Waals surface area contributed by atoms with Gasteiger partial charge in [0.1, 0.15) is 14.1 Å². The number of aliphatic hydroxyl groups is 1. The summed E-state index contributed by atoms with van der Waals surface area (Å²) in [6.07, 6.45) is 14.9. The van der Waals surface area contributed by atoms with Crippen LogP contribution in [0.1, 0.15) is 87.1 Å². The summed E-state index contributed by atoms with van der Waals surface area (Å²) in [5.41, 5.74) is 5.30. The van der Waals surface area contributed by atoms with Crippen LogP contribution in [0, 0.1) is 11.3 Å². The SMILES string of the molecule is BC(C1CCC1)(N(C)C(=C)/C(=C\C(=C)c1ccc(C=O)cc1)CCCO)C1(CCCC)CC1. The van der Waals surface area contributed by atoms with Crippen LogP contribution >= 0.6 is 0 Å². The molecular weight excluding hydrogens is 405 g/mol. The molecule has 0 amide bonds. The summed E-state index contributed by atoms with van der Waals surface area (Å²) < 4.78 is 0. The van der Waals surface area contributed by atoms with Crippen LogP contribution in [-0.4, -0.2) is 43.2 Å². The number of carbonyl (C=O) groups excluding carboxylic acids is 1. The van der Waals surface area contributed by atoms with Gasteiger partial charge in [0.05, 0.1) is 0 Å². The van der Waals surface area contributed by atoms with Crippen LogP contribution in [-0.2, 0) is 0 Å². The zero-order valence-electron chi connectivity index (χ0n) is 21.0. The van der Waals surface area contributed by atoms with Crippen LogP contribution in [0.25, 0.3) is 5.57 Å². The van der Waals surface area contributed by atoms with Crippen molar-refractivity contribution in [2.45, 2.75) is 76.6 Å². The van der Waals surface area contributed by atoms with Crippen LogP contribution in [0.2, 0.25) is 0 Å². The highest BCUT2D eigenvalue weighted by atomic mass is 16.2. The minimum atomic E-state index is 0.114. The molecule has 1 aromatic rings. The average molecular weight is 447 g/mol. The van der Waals surface area contributed by atoms with Gasteiger partial charge in [-0.2, -0.15) is 0 Å². The molecule has 2 saturated carbocycles. The van der Waals surface area contributed by atoms with Gasteiger partial charge in [0, 0.05) is 30.4 Å². The van der Waals surface area contributed by atoms with Crippen LogP contribution < -0.4 is 0 Å². The number of aliphatic hydroxyl groups excluding tert-OH is 1. The van der Waals surface area contributed by atoms with E-state index in [1.165, 1.54) is 51.4 Å². The lowest BCUT2D eigenvalue weighted by Crippen LogP contribution is -2.60. The maximum atomic E-state index is 11.0. The summed E-state index contributed by atoms with van der Waals surface area (Å²) in [5.74, 6) is 0.719. The summed E-state index contributed by atoms with van der Waals surface area (Å²) in [6.45, 7) is 11.4. The Morgan fingerprint density at radius 3 is 2.39 bits per heavy atom. The van der Waals surface area contributed by atoms with Gasteiger partial charge < -0.3 is 10.0 Å². The molecule has 3 rings (SSSR count). The van der Waals surface area contributed by atoms with Gasteiger partial charge in [-0.05, 0) is 79.1 Å². The molecule has 1 N–H and O–H groups in total. The van der Waals surface area contributed by atoms with Crippen molar-refractivity contribution in [1.82, 2.24) is 4.90 Å². The second kappa shape index (κ2) is 10.9. The monoisotopic (exact) mass is 447 g/mol. The van der Waals surface area contributed by atoms with Crippen molar-refractivity contribution in [3.63, 3.8) is 0 Å². The highest BCUT2D eigenvalue weighted by Crippen LogP contribution is 2.64. The van der Waals surface area contributed by atoms with E-state index in [0.29, 0.717) is 17.4 Å². The molecule has 0 spiro atoms. The lowest BCUT2D eigenvalue weighted by Gasteiger charge is -2.56. The van der Waals surface area contributed by atoms with E-state index in [2.05, 4.69) is 46.0 Å². The summed E-state index contributed by atoms with van der Waals surface area (Å²) in [6, 6.07) is 7.55. The minimum Gasteiger partial charge on any atom is -0.396 e. The summed E-state index contributed by atoms with van der Waals surface area (Å²) in [5, 5.41) is 9.55. The van der Waals surface area contributed by atoms with Gasteiger partial charge in [-0.1, -0.05) is 63.6 Å². The van der Waals surface area contributed by atoms with Crippen molar-refractivity contribution in [2.75, 3.05) is 13.7 Å². The first-order valence-electron chi connectivity index (χ1n) is 12.8. The van der Waals surface area contributed by atoms with E-state index in [9.17, 15) is 9.90 Å². The van der Waals surface area contributed by atoms with Crippen molar-refractivity contribution < 1.29 is 9.90 Å². The molecule has 0 saturated heterocycles. The Morgan fingerprint density at radius 1 is 1.24 bits per heavy atom. The van der Waals surface area contributed by atoms with E-state index in [1.54, 1.807) is 0 Å². The van der Waals surface area contributed by atoms with E-state index in [0.717, 1.165) is 41.0 Å². The molecule has 33 heavy (non-hydrogen) atoms. The molecule has 2 aliphatic rings. The number of unbranched alkanes of at least 4 members (excludes halogenated alkanes) is 1. The number of carbonyl (C=O) groups is 1. The Labute approximate surface area is 202 Å². The van der Waals surface area contributed by atoms with E-state index < -0.39 is 0 Å². The van der Waals surface area contributed by atoms with Crippen LogP contribution in [0.15, 0.2) is 54.8 Å². The molecule has 2 fully saturated rings. The third-order valence-electron chi connectivity index (χ3n) is 8.68. The maximum absolute atomic E-state index is 11.0. The molecule has 0 aromatic heterocycles. The van der Waals surface area contributed by atoms with Gasteiger partial charge in [-0.25, -0.2) is 0 Å². The minimum absolute atomic E-state index is 0.114. The predicted molar refractivity (Wildman–Crippen MR) is 142 cm³/mol. The molecule has 3 nitrogen and oxygen atoms in total. The molecule has 0 aliphatic heterocycles. The van der Waals surface area contributed by atoms with Gasteiger partial charge in [0.25, 0.3) is 0 Å². The lowest BCUT2D eigenvalue weighted by molar-refractivity contribution is 0.0389. The fraction of sp³-hybridized carbons (Fsp3) is 0.552. The number of hydrogen-bond donors (Lipinski definition) is 1. The van der Waals surface area contributed by atoms with Gasteiger partial charge in [0.15, 0.2) is 0 Å². The fourth-order valence-corrected chi connectivity index (χ4v) is 5.84. The van der Waals surface area contributed by atoms with Crippen molar-refractivity contribution in [1.29, 1.82) is 0 Å². The van der Waals surface area contributed by atoms with Gasteiger partial charge in [-0.15, -0.1) is 0 Å². The largest absolute Gasteiger partial charge is 0.396 e. The first kappa shape index (κ1) is 25.6. The number of likely N-dealkylation sites (N-methyl/N-ethyl adjacent to an activating group) is 1. The molecular formula is C29H42BNO2. The van der Waals surface area contributed by atoms with Gasteiger partial charge in [-0.3, -0.25) is 4.79 Å². The number of allylic oxidation sites excluding steroid dienone is 3. The van der Waals surface area contributed by atoms with Gasteiger partial charge >= 0.3 is 0 Å². The van der Waals surface area contributed by atoms with Crippen LogP contribution in [0.3, 0.4) is 0 Å². The average Bonchev–Trinajstić information content (AvgIpc) is 3.59. The van der Waals surface area contributed by atoms with E-state index in [-0.39, 0.29) is 12.0 Å². The Hall–Kier alpha value is -2.07. The normalized spacial score (nSPS) is 19.3. The fourth-order valence-electron chi connectivity index (χ4n) is 5.84. The van der Waals surface area contributed by atoms with E-state index >= 15 is 0 Å². The molecule has 2 aliphatic carbocycles. The standard InChI is InChI=1S/C29H42BNO2/c1-5-6-16-28(17-18-28)29(30,27-10-7-11-27)31(4)23(3)26(9-8-19-32)20-22(2)25-14-12-24(21-33)13-15-25/h12-15,20-21,27,32H,2-3,5-11,16-19,30H2,1,4H3/b26-20-. The third kappa shape index (κ3) is 5.21. The Balaban J connectivity index is 1.89. The lowest BCUT2D eigenvalue weighted by atomic mass is 9.51. The molecule has 1 aromatic carbocycles. The maximum Gasteiger partial charge on any atom is 0.150 e. The van der Waals surface area contributed by atoms with Crippen LogP contribution in [0.5, 0.6) is 0 Å². The van der Waals surface area contributed by atoms with Gasteiger partial charge in [0.2, 0.25) is 0 Å². The summed E-state index contributed by atoms with van der Waals surface area (Å²) >= 11 is 0. The second-order valence-corrected chi connectivity index (χ2v) is 10.4. The molecule has 1 atom stereocenters. The molecule has 1 unspecified atom stereocenters. The highest BCUT2D eigenvalue weighted by Gasteiger charge is 2.61. The van der Waals surface area contributed by atoms with Crippen LogP contribution in [0.4, 0.5) is 0 Å². The topological polar surface area (TPSA) is 40.5 Å². The third-order valence-corrected chi connectivity index (χ3v) is 8.68. The van der Waals surface area contributed by atoms with Crippen molar-refractivity contribution in [2.24, 2.45) is 11.3 Å². The number of nitrogens with zero attached hydrogens (tertiary/aromatic N) is 1. The predicted octanol–water partition coefficient (Wildman–Crippen LogP) is 5.76. The van der Waals surface area contributed by atoms with Crippen molar-refractivity contribution in [3.05, 3.63) is 65.9 Å². The molecule has 4 heteroatoms. The second-order valence-electron chi connectivity index (χ2n) is 10.4. The molecule has 0 heterocycles. The molecule has 0 radical (unpaired) electrons. The summed E-state index contributed by atoms with van der Waals surface area (Å²) in [4.78, 5) is 13.5. The Kier molecular flexibility index (Phi) is 8.45. The van der Waals surface area contributed by atoms with Crippen molar-refractivity contribution >= 4 is 19.7 Å². The summed E-state index contributed by atoms with van der Waals surface area (Å²) in [7, 11) is 4.75. The zero-order chi connectivity index (χ0) is 24.1. The Morgan fingerprint density at radius 2 is 1.91 bits per heavy atom. The number of hydrogen-bond acceptors (Lipinski definition) is 3.